The lowest BCUT2D eigenvalue weighted by Gasteiger charge is -2.33. The van der Waals surface area contributed by atoms with Crippen molar-refractivity contribution in [1.82, 2.24) is 9.21 Å². The molecular weight excluding hydrogens is 440 g/mol. The molecule has 0 saturated carbocycles. The highest BCUT2D eigenvalue weighted by Crippen LogP contribution is 2.28. The zero-order valence-electron chi connectivity index (χ0n) is 14.4. The van der Waals surface area contributed by atoms with Crippen LogP contribution in [0.4, 0.5) is 0 Å². The number of halogens is 1. The minimum absolute atomic E-state index is 0.390. The predicted octanol–water partition coefficient (Wildman–Crippen LogP) is 2.90. The summed E-state index contributed by atoms with van der Waals surface area (Å²) in [5.74, 6) is 1.60. The Morgan fingerprint density at radius 2 is 1.69 bits per heavy atom. The minimum atomic E-state index is -3.38. The minimum Gasteiger partial charge on any atom is -0.497 e. The van der Waals surface area contributed by atoms with Crippen LogP contribution in [0, 0.1) is 0 Å². The third-order valence-electron chi connectivity index (χ3n) is 4.21. The van der Waals surface area contributed by atoms with Crippen molar-refractivity contribution >= 4 is 37.3 Å². The number of ether oxygens (including phenoxy) is 2. The number of methoxy groups -OCH3 is 1. The maximum absolute atomic E-state index is 12.6. The third kappa shape index (κ3) is 4.77. The highest BCUT2D eigenvalue weighted by atomic mass is 79.9. The number of thiophene rings is 1. The topological polar surface area (TPSA) is 59.1 Å². The van der Waals surface area contributed by atoms with Gasteiger partial charge in [0.05, 0.1) is 10.9 Å². The normalized spacial score (nSPS) is 16.5. The van der Waals surface area contributed by atoms with E-state index >= 15 is 0 Å². The van der Waals surface area contributed by atoms with Crippen LogP contribution in [0.5, 0.6) is 11.5 Å². The second kappa shape index (κ2) is 8.71. The van der Waals surface area contributed by atoms with Gasteiger partial charge in [-0.15, -0.1) is 11.3 Å². The lowest BCUT2D eigenvalue weighted by molar-refractivity contribution is 0.159. The van der Waals surface area contributed by atoms with E-state index in [4.69, 9.17) is 9.47 Å². The van der Waals surface area contributed by atoms with Crippen molar-refractivity contribution in [3.63, 3.8) is 0 Å². The number of rotatable bonds is 7. The largest absolute Gasteiger partial charge is 0.497 e. The SMILES string of the molecule is COc1ccc(OCCN2CCN(S(=O)(=O)c3ccc(Br)s3)CC2)cc1. The Morgan fingerprint density at radius 3 is 2.27 bits per heavy atom. The fourth-order valence-electron chi connectivity index (χ4n) is 2.72. The Kier molecular flexibility index (Phi) is 6.57. The zero-order chi connectivity index (χ0) is 18.6. The molecule has 1 aliphatic rings. The maximum atomic E-state index is 12.6. The first-order chi connectivity index (χ1) is 12.5. The van der Waals surface area contributed by atoms with Crippen LogP contribution in [0.25, 0.3) is 0 Å². The molecule has 6 nitrogen and oxygen atoms in total. The van der Waals surface area contributed by atoms with E-state index in [0.717, 1.165) is 21.8 Å². The highest BCUT2D eigenvalue weighted by Gasteiger charge is 2.29. The second-order valence-corrected chi connectivity index (χ2v) is 10.5. The Bertz CT molecular complexity index is 816. The molecular formula is C17H21BrN2O4S2. The standard InChI is InChI=1S/C17H21BrN2O4S2/c1-23-14-2-4-15(5-3-14)24-13-12-19-8-10-20(11-9-19)26(21,22)17-7-6-16(18)25-17/h2-7H,8-13H2,1H3. The smallest absolute Gasteiger partial charge is 0.252 e. The molecule has 1 fully saturated rings. The summed E-state index contributed by atoms with van der Waals surface area (Å²) < 4.78 is 38.9. The monoisotopic (exact) mass is 460 g/mol. The van der Waals surface area contributed by atoms with Crippen molar-refractivity contribution in [2.45, 2.75) is 4.21 Å². The molecule has 9 heteroatoms. The van der Waals surface area contributed by atoms with E-state index in [0.29, 0.717) is 37.0 Å². The van der Waals surface area contributed by atoms with Crippen LogP contribution < -0.4 is 9.47 Å². The quantitative estimate of drug-likeness (QED) is 0.635. The van der Waals surface area contributed by atoms with E-state index in [1.807, 2.05) is 24.3 Å². The molecule has 1 aliphatic heterocycles. The first-order valence-corrected chi connectivity index (χ1v) is 11.3. The van der Waals surface area contributed by atoms with Crippen LogP contribution in [0.2, 0.25) is 0 Å². The van der Waals surface area contributed by atoms with E-state index < -0.39 is 10.0 Å². The Morgan fingerprint density at radius 1 is 1.04 bits per heavy atom. The van der Waals surface area contributed by atoms with E-state index in [-0.39, 0.29) is 0 Å². The summed E-state index contributed by atoms with van der Waals surface area (Å²) in [7, 11) is -1.75. The summed E-state index contributed by atoms with van der Waals surface area (Å²) in [6.45, 7) is 3.75. The first kappa shape index (κ1) is 19.6. The van der Waals surface area contributed by atoms with E-state index in [1.54, 1.807) is 23.5 Å². The summed E-state index contributed by atoms with van der Waals surface area (Å²) >= 11 is 4.57. The molecule has 1 saturated heterocycles. The zero-order valence-corrected chi connectivity index (χ0v) is 17.6. The van der Waals surface area contributed by atoms with Gasteiger partial charge in [-0.3, -0.25) is 4.90 Å². The van der Waals surface area contributed by atoms with Gasteiger partial charge in [-0.25, -0.2) is 8.42 Å². The molecule has 1 aromatic heterocycles. The first-order valence-electron chi connectivity index (χ1n) is 8.24. The van der Waals surface area contributed by atoms with Crippen LogP contribution in [0.15, 0.2) is 44.4 Å². The van der Waals surface area contributed by atoms with Gasteiger partial charge < -0.3 is 9.47 Å². The highest BCUT2D eigenvalue weighted by molar-refractivity contribution is 9.11. The average Bonchev–Trinajstić information content (AvgIpc) is 3.10. The fraction of sp³-hybridized carbons (Fsp3) is 0.412. The van der Waals surface area contributed by atoms with E-state index in [2.05, 4.69) is 20.8 Å². The molecule has 26 heavy (non-hydrogen) atoms. The van der Waals surface area contributed by atoms with Crippen molar-refractivity contribution in [2.75, 3.05) is 46.4 Å². The van der Waals surface area contributed by atoms with Gasteiger partial charge in [0, 0.05) is 32.7 Å². The Balaban J connectivity index is 1.45. The number of benzene rings is 1. The van der Waals surface area contributed by atoms with Crippen molar-refractivity contribution < 1.29 is 17.9 Å². The summed E-state index contributed by atoms with van der Waals surface area (Å²) in [6.07, 6.45) is 0. The molecule has 0 radical (unpaired) electrons. The Labute approximate surface area is 166 Å². The summed E-state index contributed by atoms with van der Waals surface area (Å²) in [4.78, 5) is 2.22. The number of hydrogen-bond donors (Lipinski definition) is 0. The van der Waals surface area contributed by atoms with Crippen LogP contribution in [-0.4, -0.2) is 64.1 Å². The van der Waals surface area contributed by atoms with Gasteiger partial charge in [-0.1, -0.05) is 0 Å². The number of piperazine rings is 1. The van der Waals surface area contributed by atoms with Crippen LogP contribution in [0.3, 0.4) is 0 Å². The number of sulfonamides is 1. The van der Waals surface area contributed by atoms with Crippen LogP contribution >= 0.6 is 27.3 Å². The summed E-state index contributed by atoms with van der Waals surface area (Å²) in [5, 5.41) is 0. The molecule has 0 aliphatic carbocycles. The lowest BCUT2D eigenvalue weighted by Crippen LogP contribution is -2.49. The molecule has 0 N–H and O–H groups in total. The average molecular weight is 461 g/mol. The van der Waals surface area contributed by atoms with Gasteiger partial charge in [-0.05, 0) is 52.3 Å². The Hall–Kier alpha value is -1.13. The van der Waals surface area contributed by atoms with Gasteiger partial charge in [0.2, 0.25) is 0 Å². The predicted molar refractivity (Wildman–Crippen MR) is 106 cm³/mol. The van der Waals surface area contributed by atoms with Crippen LogP contribution in [0.1, 0.15) is 0 Å². The second-order valence-electron chi connectivity index (χ2n) is 5.83. The van der Waals surface area contributed by atoms with Crippen LogP contribution in [-0.2, 0) is 10.0 Å². The van der Waals surface area contributed by atoms with E-state index in [1.165, 1.54) is 11.3 Å². The molecule has 0 unspecified atom stereocenters. The van der Waals surface area contributed by atoms with Crippen molar-refractivity contribution in [1.29, 1.82) is 0 Å². The summed E-state index contributed by atoms with van der Waals surface area (Å²) in [6, 6.07) is 10.9. The van der Waals surface area contributed by atoms with Crippen molar-refractivity contribution in [3.05, 3.63) is 40.2 Å². The molecule has 1 aromatic carbocycles. The molecule has 2 aromatic rings. The summed E-state index contributed by atoms with van der Waals surface area (Å²) in [5.41, 5.74) is 0. The van der Waals surface area contributed by atoms with Gasteiger partial charge >= 0.3 is 0 Å². The van der Waals surface area contributed by atoms with Gasteiger partial charge in [0.25, 0.3) is 10.0 Å². The van der Waals surface area contributed by atoms with Gasteiger partial charge in [0.1, 0.15) is 22.3 Å². The number of nitrogens with zero attached hydrogens (tertiary/aromatic N) is 2. The molecule has 0 amide bonds. The molecule has 142 valence electrons. The molecule has 0 atom stereocenters. The van der Waals surface area contributed by atoms with E-state index in [9.17, 15) is 8.42 Å². The maximum Gasteiger partial charge on any atom is 0.252 e. The molecule has 3 rings (SSSR count). The molecule has 0 bridgehead atoms. The molecule has 0 spiro atoms. The fourth-order valence-corrected chi connectivity index (χ4v) is 6.31. The third-order valence-corrected chi connectivity index (χ3v) is 8.20. The number of hydrogen-bond acceptors (Lipinski definition) is 6. The van der Waals surface area contributed by atoms with Gasteiger partial charge in [-0.2, -0.15) is 4.31 Å². The molecule has 2 heterocycles. The van der Waals surface area contributed by atoms with Crippen molar-refractivity contribution in [2.24, 2.45) is 0 Å². The van der Waals surface area contributed by atoms with Crippen molar-refractivity contribution in [3.8, 4) is 11.5 Å². The van der Waals surface area contributed by atoms with Gasteiger partial charge in [0.15, 0.2) is 0 Å². The lowest BCUT2D eigenvalue weighted by atomic mass is 10.3.